The Morgan fingerprint density at radius 1 is 1.33 bits per heavy atom. The smallest absolute Gasteiger partial charge is 0.239 e. The second-order valence-corrected chi connectivity index (χ2v) is 5.69. The van der Waals surface area contributed by atoms with Crippen molar-refractivity contribution >= 4 is 23.1 Å². The Kier molecular flexibility index (Phi) is 4.19. The highest BCUT2D eigenvalue weighted by atomic mass is 32.1. The van der Waals surface area contributed by atoms with Crippen LogP contribution in [0.15, 0.2) is 0 Å². The number of likely N-dealkylation sites (N-methyl/N-ethyl adjacent to an activating group) is 1. The van der Waals surface area contributed by atoms with Crippen LogP contribution in [-0.4, -0.2) is 77.5 Å². The van der Waals surface area contributed by atoms with Gasteiger partial charge in [0.1, 0.15) is 0 Å². The van der Waals surface area contributed by atoms with Gasteiger partial charge >= 0.3 is 0 Å². The van der Waals surface area contributed by atoms with E-state index in [4.69, 9.17) is 18.0 Å². The van der Waals surface area contributed by atoms with Crippen LogP contribution in [0.5, 0.6) is 0 Å². The molecule has 2 N–H and O–H groups in total. The summed E-state index contributed by atoms with van der Waals surface area (Å²) in [5.74, 6) is 0.269. The predicted molar refractivity (Wildman–Crippen MR) is 75.4 cm³/mol. The first kappa shape index (κ1) is 13.7. The molecule has 2 unspecified atom stereocenters. The van der Waals surface area contributed by atoms with Gasteiger partial charge in [0.25, 0.3) is 0 Å². The van der Waals surface area contributed by atoms with E-state index in [-0.39, 0.29) is 18.0 Å². The van der Waals surface area contributed by atoms with E-state index in [1.54, 1.807) is 0 Å². The maximum Gasteiger partial charge on any atom is 0.239 e. The summed E-state index contributed by atoms with van der Waals surface area (Å²) in [6.07, 6.45) is 0.959. The molecule has 2 saturated heterocycles. The highest BCUT2D eigenvalue weighted by molar-refractivity contribution is 7.80. The third kappa shape index (κ3) is 2.65. The molecule has 2 fully saturated rings. The van der Waals surface area contributed by atoms with Gasteiger partial charge in [0, 0.05) is 39.8 Å². The lowest BCUT2D eigenvalue weighted by Crippen LogP contribution is -2.56. The molecule has 2 aliphatic heterocycles. The van der Waals surface area contributed by atoms with Crippen LogP contribution in [0.4, 0.5) is 0 Å². The Balaban J connectivity index is 1.87. The Bertz CT molecular complexity index is 341. The van der Waals surface area contributed by atoms with Gasteiger partial charge in [-0.1, -0.05) is 12.2 Å². The van der Waals surface area contributed by atoms with Crippen molar-refractivity contribution in [1.29, 1.82) is 0 Å². The van der Waals surface area contributed by atoms with Gasteiger partial charge < -0.3 is 10.6 Å². The van der Waals surface area contributed by atoms with Crippen LogP contribution >= 0.6 is 12.2 Å². The van der Waals surface area contributed by atoms with Crippen LogP contribution in [0.1, 0.15) is 13.3 Å². The van der Waals surface area contributed by atoms with E-state index in [1.807, 2.05) is 18.9 Å². The average molecular weight is 270 g/mol. The number of thiocarbonyl (C=S) groups is 1. The van der Waals surface area contributed by atoms with Gasteiger partial charge in [-0.3, -0.25) is 14.6 Å². The maximum atomic E-state index is 12.0. The summed E-state index contributed by atoms with van der Waals surface area (Å²) in [5.41, 5.74) is 5.68. The van der Waals surface area contributed by atoms with Crippen LogP contribution in [0.2, 0.25) is 0 Å². The van der Waals surface area contributed by atoms with E-state index in [0.29, 0.717) is 4.99 Å². The summed E-state index contributed by atoms with van der Waals surface area (Å²) in [6, 6.07) is 0.251. The molecule has 2 heterocycles. The van der Waals surface area contributed by atoms with Gasteiger partial charge in [0.15, 0.2) is 0 Å². The second-order valence-electron chi connectivity index (χ2n) is 5.21. The highest BCUT2D eigenvalue weighted by Crippen LogP contribution is 2.18. The van der Waals surface area contributed by atoms with E-state index >= 15 is 0 Å². The molecule has 0 aliphatic carbocycles. The molecule has 2 rings (SSSR count). The van der Waals surface area contributed by atoms with Crippen molar-refractivity contribution in [3.8, 4) is 0 Å². The van der Waals surface area contributed by atoms with Crippen molar-refractivity contribution in [2.24, 2.45) is 5.73 Å². The molecule has 102 valence electrons. The molecule has 0 aromatic carbocycles. The highest BCUT2D eigenvalue weighted by Gasteiger charge is 2.35. The zero-order valence-corrected chi connectivity index (χ0v) is 11.9. The van der Waals surface area contributed by atoms with Crippen LogP contribution in [0.25, 0.3) is 0 Å². The standard InChI is InChI=1S/C12H22N4OS/c1-9(11(13)18)15-5-7-16(8-6-15)10-3-4-14(2)12(10)17/h9-10H,3-8H2,1-2H3,(H2,13,18). The fourth-order valence-corrected chi connectivity index (χ4v) is 2.91. The molecule has 6 heteroatoms. The van der Waals surface area contributed by atoms with Crippen LogP contribution in [-0.2, 0) is 4.79 Å². The van der Waals surface area contributed by atoms with Gasteiger partial charge in [0.05, 0.1) is 17.1 Å². The summed E-state index contributed by atoms with van der Waals surface area (Å²) in [6.45, 7) is 6.66. The lowest BCUT2D eigenvalue weighted by atomic mass is 10.1. The molecular formula is C12H22N4OS. The van der Waals surface area contributed by atoms with E-state index in [1.165, 1.54) is 0 Å². The predicted octanol–water partition coefficient (Wildman–Crippen LogP) is -0.491. The van der Waals surface area contributed by atoms with Gasteiger partial charge in [-0.05, 0) is 13.3 Å². The van der Waals surface area contributed by atoms with Crippen LogP contribution in [0.3, 0.4) is 0 Å². The van der Waals surface area contributed by atoms with E-state index in [2.05, 4.69) is 9.80 Å². The van der Waals surface area contributed by atoms with E-state index in [0.717, 1.165) is 39.1 Å². The average Bonchev–Trinajstić information content (AvgIpc) is 2.69. The topological polar surface area (TPSA) is 52.8 Å². The maximum absolute atomic E-state index is 12.0. The summed E-state index contributed by atoms with van der Waals surface area (Å²) >= 11 is 5.03. The van der Waals surface area contributed by atoms with E-state index in [9.17, 15) is 4.79 Å². The molecule has 0 aromatic heterocycles. The zero-order valence-electron chi connectivity index (χ0n) is 11.1. The normalized spacial score (nSPS) is 28.7. The van der Waals surface area contributed by atoms with E-state index < -0.39 is 0 Å². The number of likely N-dealkylation sites (tertiary alicyclic amines) is 1. The molecule has 1 amide bonds. The van der Waals surface area contributed by atoms with Crippen molar-refractivity contribution < 1.29 is 4.79 Å². The second kappa shape index (κ2) is 5.50. The molecular weight excluding hydrogens is 248 g/mol. The van der Waals surface area contributed by atoms with Crippen molar-refractivity contribution in [2.45, 2.75) is 25.4 Å². The number of hydrogen-bond donors (Lipinski definition) is 1. The third-order valence-electron chi connectivity index (χ3n) is 4.15. The van der Waals surface area contributed by atoms with Crippen LogP contribution < -0.4 is 5.73 Å². The molecule has 0 saturated carbocycles. The van der Waals surface area contributed by atoms with Gasteiger partial charge in [-0.25, -0.2) is 0 Å². The minimum Gasteiger partial charge on any atom is -0.392 e. The third-order valence-corrected chi connectivity index (χ3v) is 4.49. The summed E-state index contributed by atoms with van der Waals surface area (Å²) in [5, 5.41) is 0. The molecule has 2 aliphatic rings. The number of amides is 1. The van der Waals surface area contributed by atoms with Gasteiger partial charge in [-0.2, -0.15) is 0 Å². The number of carbonyl (C=O) groups excluding carboxylic acids is 1. The Labute approximate surface area is 114 Å². The Hall–Kier alpha value is -0.720. The minimum absolute atomic E-state index is 0.0947. The van der Waals surface area contributed by atoms with Crippen LogP contribution in [0, 0.1) is 0 Å². The van der Waals surface area contributed by atoms with Crippen molar-refractivity contribution in [3.63, 3.8) is 0 Å². The minimum atomic E-state index is 0.0947. The molecule has 0 bridgehead atoms. The number of piperazine rings is 1. The monoisotopic (exact) mass is 270 g/mol. The lowest BCUT2D eigenvalue weighted by Gasteiger charge is -2.39. The molecule has 18 heavy (non-hydrogen) atoms. The fourth-order valence-electron chi connectivity index (χ4n) is 2.76. The fraction of sp³-hybridized carbons (Fsp3) is 0.833. The number of nitrogens with two attached hydrogens (primary N) is 1. The zero-order chi connectivity index (χ0) is 13.3. The first-order valence-corrected chi connectivity index (χ1v) is 6.94. The van der Waals surface area contributed by atoms with Crippen molar-refractivity contribution in [2.75, 3.05) is 39.8 Å². The number of rotatable bonds is 3. The SMILES string of the molecule is CC(C(N)=S)N1CCN(C2CCN(C)C2=O)CC1. The Morgan fingerprint density at radius 3 is 2.39 bits per heavy atom. The number of nitrogens with zero attached hydrogens (tertiary/aromatic N) is 3. The molecule has 0 aromatic rings. The molecule has 0 radical (unpaired) electrons. The largest absolute Gasteiger partial charge is 0.392 e. The molecule has 0 spiro atoms. The number of carbonyl (C=O) groups is 1. The summed E-state index contributed by atoms with van der Waals surface area (Å²) in [7, 11) is 1.88. The van der Waals surface area contributed by atoms with Gasteiger partial charge in [-0.15, -0.1) is 0 Å². The first-order valence-electron chi connectivity index (χ1n) is 6.53. The first-order chi connectivity index (χ1) is 8.50. The molecule has 5 nitrogen and oxygen atoms in total. The number of hydrogen-bond acceptors (Lipinski definition) is 4. The van der Waals surface area contributed by atoms with Gasteiger partial charge in [0.2, 0.25) is 5.91 Å². The lowest BCUT2D eigenvalue weighted by molar-refractivity contribution is -0.131. The molecule has 2 atom stereocenters. The quantitative estimate of drug-likeness (QED) is 0.701. The Morgan fingerprint density at radius 2 is 1.94 bits per heavy atom. The summed E-state index contributed by atoms with van der Waals surface area (Å²) in [4.78, 5) is 18.9. The van der Waals surface area contributed by atoms with Crippen molar-refractivity contribution in [1.82, 2.24) is 14.7 Å². The summed E-state index contributed by atoms with van der Waals surface area (Å²) < 4.78 is 0. The van der Waals surface area contributed by atoms with Crippen molar-refractivity contribution in [3.05, 3.63) is 0 Å².